The Hall–Kier alpha value is -2.90. The number of aromatic nitrogens is 1. The largest absolute Gasteiger partial charge is 0.458 e. The summed E-state index contributed by atoms with van der Waals surface area (Å²) in [6.45, 7) is 5.95. The van der Waals surface area contributed by atoms with Gasteiger partial charge in [-0.2, -0.15) is 0 Å². The number of ether oxygens (including phenoxy) is 3. The van der Waals surface area contributed by atoms with Crippen LogP contribution in [0.25, 0.3) is 0 Å². The molecule has 2 aliphatic rings. The lowest BCUT2D eigenvalue weighted by molar-refractivity contribution is -0.187. The molecule has 0 aliphatic carbocycles. The van der Waals surface area contributed by atoms with E-state index in [2.05, 4.69) is 0 Å². The van der Waals surface area contributed by atoms with E-state index < -0.39 is 35.5 Å². The van der Waals surface area contributed by atoms with E-state index in [1.54, 1.807) is 32.2 Å². The van der Waals surface area contributed by atoms with E-state index in [4.69, 9.17) is 14.2 Å². The molecule has 3 heterocycles. The van der Waals surface area contributed by atoms with Gasteiger partial charge >= 0.3 is 17.9 Å². The minimum absolute atomic E-state index is 0.0422. The number of esters is 3. The Morgan fingerprint density at radius 3 is 2.68 bits per heavy atom. The molecule has 0 radical (unpaired) electrons. The predicted octanol–water partition coefficient (Wildman–Crippen LogP) is 2.47. The molecular formula is C20H23NO7. The second-order valence-corrected chi connectivity index (χ2v) is 7.28. The van der Waals surface area contributed by atoms with E-state index in [0.717, 1.165) is 0 Å². The van der Waals surface area contributed by atoms with Gasteiger partial charge in [0.25, 0.3) is 0 Å². The van der Waals surface area contributed by atoms with Crippen LogP contribution in [0.3, 0.4) is 0 Å². The first-order valence-electron chi connectivity index (χ1n) is 9.13. The van der Waals surface area contributed by atoms with E-state index in [9.17, 15) is 19.2 Å². The zero-order chi connectivity index (χ0) is 20.6. The molecule has 3 rings (SSSR count). The Morgan fingerprint density at radius 1 is 1.32 bits per heavy atom. The zero-order valence-corrected chi connectivity index (χ0v) is 16.3. The lowest BCUT2D eigenvalue weighted by Crippen LogP contribution is -2.47. The Morgan fingerprint density at radius 2 is 2.04 bits per heavy atom. The lowest BCUT2D eigenvalue weighted by atomic mass is 9.85. The van der Waals surface area contributed by atoms with Crippen LogP contribution in [0, 0.1) is 5.92 Å². The molecule has 0 saturated carbocycles. The fourth-order valence-electron chi connectivity index (χ4n) is 3.61. The molecule has 0 fully saturated rings. The van der Waals surface area contributed by atoms with Crippen molar-refractivity contribution in [1.82, 2.24) is 4.57 Å². The van der Waals surface area contributed by atoms with Crippen molar-refractivity contribution < 1.29 is 33.4 Å². The summed E-state index contributed by atoms with van der Waals surface area (Å²) in [5.41, 5.74) is -0.169. The highest BCUT2D eigenvalue weighted by molar-refractivity contribution is 5.91. The summed E-state index contributed by atoms with van der Waals surface area (Å²) in [4.78, 5) is 49.4. The number of cyclic esters (lactones) is 1. The second-order valence-electron chi connectivity index (χ2n) is 7.28. The average Bonchev–Trinajstić information content (AvgIpc) is 3.17. The van der Waals surface area contributed by atoms with Crippen molar-refractivity contribution >= 4 is 23.8 Å². The molecule has 150 valence electrons. The second kappa shape index (κ2) is 7.26. The van der Waals surface area contributed by atoms with Crippen molar-refractivity contribution in [2.45, 2.75) is 58.8 Å². The van der Waals surface area contributed by atoms with E-state index in [1.807, 2.05) is 0 Å². The normalized spacial score (nSPS) is 29.4. The predicted molar refractivity (Wildman–Crippen MR) is 96.0 cm³/mol. The number of hydrogen-bond donors (Lipinski definition) is 0. The average molecular weight is 389 g/mol. The third kappa shape index (κ3) is 3.34. The SMILES string of the molecule is CC=C1C[C@@H](C)[C@@](C)(OC(C)=O)C(=O)OCc2ccn3c2[C@@H](CC3=O)OC1=O. The van der Waals surface area contributed by atoms with Gasteiger partial charge in [0.05, 0.1) is 12.1 Å². The minimum atomic E-state index is -1.57. The van der Waals surface area contributed by atoms with Crippen molar-refractivity contribution in [1.29, 1.82) is 0 Å². The van der Waals surface area contributed by atoms with Gasteiger partial charge in [0.15, 0.2) is 6.10 Å². The number of hydrogen-bond acceptors (Lipinski definition) is 7. The lowest BCUT2D eigenvalue weighted by Gasteiger charge is -2.33. The summed E-state index contributed by atoms with van der Waals surface area (Å²) in [5.74, 6) is -2.64. The summed E-state index contributed by atoms with van der Waals surface area (Å²) in [6.07, 6.45) is 2.62. The molecule has 3 atom stereocenters. The number of carbonyl (C=O) groups excluding carboxylic acids is 4. The Kier molecular flexibility index (Phi) is 5.14. The van der Waals surface area contributed by atoms with Crippen LogP contribution in [0.15, 0.2) is 23.9 Å². The van der Waals surface area contributed by atoms with Crippen LogP contribution in [0.5, 0.6) is 0 Å². The first-order chi connectivity index (χ1) is 13.2. The van der Waals surface area contributed by atoms with Gasteiger partial charge in [-0.15, -0.1) is 0 Å². The Labute approximate surface area is 162 Å². The number of rotatable bonds is 1. The van der Waals surface area contributed by atoms with E-state index in [-0.39, 0.29) is 25.4 Å². The third-order valence-electron chi connectivity index (χ3n) is 5.39. The molecule has 1 aromatic rings. The summed E-state index contributed by atoms with van der Waals surface area (Å²) in [5, 5.41) is 0. The van der Waals surface area contributed by atoms with E-state index >= 15 is 0 Å². The summed E-state index contributed by atoms with van der Waals surface area (Å²) in [6, 6.07) is 1.65. The quantitative estimate of drug-likeness (QED) is 0.413. The standard InChI is InChI=1S/C20H23NO7/c1-5-13-8-11(2)20(4,28-12(3)22)19(25)26-10-14-6-7-21-16(23)9-15(17(14)21)27-18(13)24/h5-7,11,15H,8-10H2,1-4H3/t11-,15-,20-/m1/s1. The number of allylic oxidation sites excluding steroid dienone is 1. The Balaban J connectivity index is 2.04. The first kappa shape index (κ1) is 19.9. The van der Waals surface area contributed by atoms with Crippen LogP contribution in [0.1, 0.15) is 62.7 Å². The number of carbonyl (C=O) groups is 4. The molecule has 8 nitrogen and oxygen atoms in total. The topological polar surface area (TPSA) is 101 Å². The molecule has 2 aliphatic heterocycles. The van der Waals surface area contributed by atoms with Crippen LogP contribution >= 0.6 is 0 Å². The van der Waals surface area contributed by atoms with Gasteiger partial charge in [0, 0.05) is 30.2 Å². The van der Waals surface area contributed by atoms with Crippen molar-refractivity contribution in [3.63, 3.8) is 0 Å². The molecule has 0 unspecified atom stereocenters. The van der Waals surface area contributed by atoms with Crippen molar-refractivity contribution in [3.05, 3.63) is 35.2 Å². The van der Waals surface area contributed by atoms with Gasteiger partial charge in [0.2, 0.25) is 11.5 Å². The highest BCUT2D eigenvalue weighted by atomic mass is 16.6. The van der Waals surface area contributed by atoms with Gasteiger partial charge in [-0.1, -0.05) is 13.0 Å². The zero-order valence-electron chi connectivity index (χ0n) is 16.3. The molecule has 0 spiro atoms. The smallest absolute Gasteiger partial charge is 0.350 e. The molecule has 28 heavy (non-hydrogen) atoms. The molecular weight excluding hydrogens is 366 g/mol. The molecule has 8 heteroatoms. The summed E-state index contributed by atoms with van der Waals surface area (Å²) in [7, 11) is 0. The maximum Gasteiger partial charge on any atom is 0.350 e. The molecule has 0 bridgehead atoms. The van der Waals surface area contributed by atoms with E-state index in [1.165, 1.54) is 18.4 Å². The minimum Gasteiger partial charge on any atom is -0.458 e. The van der Waals surface area contributed by atoms with E-state index in [0.29, 0.717) is 16.8 Å². The maximum atomic E-state index is 12.8. The van der Waals surface area contributed by atoms with Crippen LogP contribution in [0.2, 0.25) is 0 Å². The van der Waals surface area contributed by atoms with Gasteiger partial charge in [-0.05, 0) is 26.3 Å². The van der Waals surface area contributed by atoms with Crippen molar-refractivity contribution in [3.8, 4) is 0 Å². The maximum absolute atomic E-state index is 12.8. The van der Waals surface area contributed by atoms with Crippen molar-refractivity contribution in [2.75, 3.05) is 0 Å². The van der Waals surface area contributed by atoms with Crippen LogP contribution in [0.4, 0.5) is 0 Å². The molecule has 0 saturated heterocycles. The van der Waals surface area contributed by atoms with Crippen LogP contribution in [-0.4, -0.2) is 34.0 Å². The third-order valence-corrected chi connectivity index (χ3v) is 5.39. The van der Waals surface area contributed by atoms with Crippen LogP contribution < -0.4 is 0 Å². The van der Waals surface area contributed by atoms with Crippen LogP contribution in [-0.2, 0) is 35.2 Å². The van der Waals surface area contributed by atoms with Gasteiger partial charge < -0.3 is 14.2 Å². The fourth-order valence-corrected chi connectivity index (χ4v) is 3.61. The van der Waals surface area contributed by atoms with Crippen molar-refractivity contribution in [2.24, 2.45) is 5.92 Å². The highest BCUT2D eigenvalue weighted by Crippen LogP contribution is 2.36. The monoisotopic (exact) mass is 389 g/mol. The van der Waals surface area contributed by atoms with Gasteiger partial charge in [-0.3, -0.25) is 14.2 Å². The number of nitrogens with zero attached hydrogens (tertiary/aromatic N) is 1. The molecule has 0 aromatic carbocycles. The first-order valence-corrected chi connectivity index (χ1v) is 9.13. The fraction of sp³-hybridized carbons (Fsp3) is 0.500. The van der Waals surface area contributed by atoms with Gasteiger partial charge in [0.1, 0.15) is 6.61 Å². The van der Waals surface area contributed by atoms with Gasteiger partial charge in [-0.25, -0.2) is 9.59 Å². The highest BCUT2D eigenvalue weighted by Gasteiger charge is 2.46. The summed E-state index contributed by atoms with van der Waals surface area (Å²) >= 11 is 0. The Bertz CT molecular complexity index is 881. The molecule has 1 aromatic heterocycles. The molecule has 0 amide bonds. The molecule has 0 N–H and O–H groups in total. The summed E-state index contributed by atoms with van der Waals surface area (Å²) < 4.78 is 17.8.